The topological polar surface area (TPSA) is 134 Å². The Labute approximate surface area is 289 Å². The molecule has 3 aliphatic heterocycles. The minimum absolute atomic E-state index is 0.0739. The summed E-state index contributed by atoms with van der Waals surface area (Å²) in [4.78, 5) is 38.3. The van der Waals surface area contributed by atoms with Crippen molar-refractivity contribution in [2.75, 3.05) is 71.4 Å². The minimum Gasteiger partial charge on any atom is -0.497 e. The lowest BCUT2D eigenvalue weighted by molar-refractivity contribution is -0.137. The number of piperidine rings is 1. The Hall–Kier alpha value is -4.38. The van der Waals surface area contributed by atoms with Gasteiger partial charge in [-0.1, -0.05) is 6.07 Å². The molecule has 0 saturated carbocycles. The lowest BCUT2D eigenvalue weighted by Gasteiger charge is -2.42. The lowest BCUT2D eigenvalue weighted by Crippen LogP contribution is -2.61. The fourth-order valence-electron chi connectivity index (χ4n) is 7.02. The van der Waals surface area contributed by atoms with Crippen molar-refractivity contribution in [2.45, 2.75) is 36.1 Å². The number of methoxy groups -OCH3 is 2. The van der Waals surface area contributed by atoms with Gasteiger partial charge in [-0.15, -0.1) is 0 Å². The SMILES string of the molecule is CCOc1ncccc1C1(C(=O)NN2CCN(C3CCN(C)CC3)CC2)C(=O)N(S(=O)(=O)c2ccc(OC)cc2OC)c2cc(F)c(F)cc21. The summed E-state index contributed by atoms with van der Waals surface area (Å²) in [5.41, 5.74) is -0.812. The van der Waals surface area contributed by atoms with Gasteiger partial charge in [0.25, 0.3) is 21.8 Å². The second kappa shape index (κ2) is 14.1. The highest BCUT2D eigenvalue weighted by Gasteiger charge is 2.63. The molecule has 0 bridgehead atoms. The Morgan fingerprint density at radius 3 is 2.34 bits per heavy atom. The molecule has 50 heavy (non-hydrogen) atoms. The number of ether oxygens (including phenoxy) is 3. The molecule has 2 aromatic carbocycles. The van der Waals surface area contributed by atoms with Gasteiger partial charge in [-0.05, 0) is 64.2 Å². The van der Waals surface area contributed by atoms with Crippen LogP contribution in [0.1, 0.15) is 30.9 Å². The molecule has 0 aliphatic carbocycles. The normalized spacial score (nSPS) is 20.8. The van der Waals surface area contributed by atoms with Crippen LogP contribution in [0.2, 0.25) is 0 Å². The van der Waals surface area contributed by atoms with Crippen molar-refractivity contribution in [2.24, 2.45) is 0 Å². The number of aromatic nitrogens is 1. The summed E-state index contributed by atoms with van der Waals surface area (Å²) in [6, 6.07) is 8.35. The number of benzene rings is 2. The number of hydrazine groups is 1. The van der Waals surface area contributed by atoms with E-state index in [1.54, 1.807) is 11.9 Å². The summed E-state index contributed by atoms with van der Waals surface area (Å²) in [5.74, 6) is -5.14. The molecule has 1 aromatic heterocycles. The van der Waals surface area contributed by atoms with E-state index in [1.165, 1.54) is 50.7 Å². The average Bonchev–Trinajstić information content (AvgIpc) is 3.37. The molecule has 0 spiro atoms. The first-order valence-corrected chi connectivity index (χ1v) is 17.8. The second-order valence-corrected chi connectivity index (χ2v) is 14.2. The number of carbonyl (C=O) groups is 2. The number of likely N-dealkylation sites (tertiary alicyclic amines) is 1. The summed E-state index contributed by atoms with van der Waals surface area (Å²) < 4.78 is 75.9. The van der Waals surface area contributed by atoms with E-state index in [4.69, 9.17) is 14.2 Å². The molecule has 16 heteroatoms. The Balaban J connectivity index is 1.46. The molecule has 0 radical (unpaired) electrons. The number of piperazine rings is 1. The van der Waals surface area contributed by atoms with Gasteiger partial charge in [0, 0.05) is 61.7 Å². The summed E-state index contributed by atoms with van der Waals surface area (Å²) in [7, 11) is -0.232. The Morgan fingerprint density at radius 1 is 0.980 bits per heavy atom. The number of halogens is 2. The summed E-state index contributed by atoms with van der Waals surface area (Å²) in [6.45, 7) is 5.83. The van der Waals surface area contributed by atoms with Crippen molar-refractivity contribution in [3.05, 3.63) is 71.4 Å². The first-order chi connectivity index (χ1) is 24.0. The molecule has 1 atom stereocenters. The van der Waals surface area contributed by atoms with E-state index in [-0.39, 0.29) is 29.5 Å². The summed E-state index contributed by atoms with van der Waals surface area (Å²) in [5, 5.41) is 1.66. The number of carbonyl (C=O) groups excluding carboxylic acids is 2. The molecule has 3 aliphatic rings. The fourth-order valence-corrected chi connectivity index (χ4v) is 8.62. The smallest absolute Gasteiger partial charge is 0.274 e. The summed E-state index contributed by atoms with van der Waals surface area (Å²) in [6.07, 6.45) is 3.44. The van der Waals surface area contributed by atoms with Crippen molar-refractivity contribution in [3.63, 3.8) is 0 Å². The number of rotatable bonds is 10. The van der Waals surface area contributed by atoms with E-state index >= 15 is 13.6 Å². The number of fused-ring (bicyclic) bond motifs is 1. The van der Waals surface area contributed by atoms with Gasteiger partial charge in [0.05, 0.1) is 26.5 Å². The first-order valence-electron chi connectivity index (χ1n) is 16.4. The van der Waals surface area contributed by atoms with Gasteiger partial charge in [0.2, 0.25) is 5.88 Å². The van der Waals surface area contributed by atoms with E-state index in [2.05, 4.69) is 27.3 Å². The zero-order chi connectivity index (χ0) is 35.8. The van der Waals surface area contributed by atoms with Gasteiger partial charge in [-0.25, -0.2) is 31.5 Å². The van der Waals surface area contributed by atoms with Crippen molar-refractivity contribution < 1.29 is 41.0 Å². The predicted octanol–water partition coefficient (Wildman–Crippen LogP) is 2.54. The number of nitrogens with one attached hydrogen (secondary N) is 1. The van der Waals surface area contributed by atoms with E-state index in [0.717, 1.165) is 25.9 Å². The third-order valence-corrected chi connectivity index (χ3v) is 11.4. The van der Waals surface area contributed by atoms with Gasteiger partial charge in [-0.3, -0.25) is 19.9 Å². The van der Waals surface area contributed by atoms with Crippen LogP contribution in [0.25, 0.3) is 0 Å². The van der Waals surface area contributed by atoms with E-state index in [0.29, 0.717) is 48.7 Å². The van der Waals surface area contributed by atoms with Crippen molar-refractivity contribution in [3.8, 4) is 17.4 Å². The van der Waals surface area contributed by atoms with Gasteiger partial charge in [-0.2, -0.15) is 0 Å². The minimum atomic E-state index is -4.94. The van der Waals surface area contributed by atoms with Crippen molar-refractivity contribution >= 4 is 27.5 Å². The molecule has 2 saturated heterocycles. The van der Waals surface area contributed by atoms with Crippen LogP contribution < -0.4 is 23.9 Å². The Morgan fingerprint density at radius 2 is 1.68 bits per heavy atom. The third-order valence-electron chi connectivity index (χ3n) is 9.63. The average molecular weight is 715 g/mol. The number of hydrogen-bond acceptors (Lipinski definition) is 11. The highest BCUT2D eigenvalue weighted by Crippen LogP contribution is 2.51. The Bertz CT molecular complexity index is 1880. The molecule has 3 aromatic rings. The van der Waals surface area contributed by atoms with Crippen LogP contribution in [0.15, 0.2) is 53.6 Å². The van der Waals surface area contributed by atoms with Gasteiger partial charge >= 0.3 is 0 Å². The number of nitrogens with zero attached hydrogens (tertiary/aromatic N) is 5. The standard InChI is InChI=1S/C34H40F2N6O7S/c1-5-49-31-24(7-6-12-37-31)34(32(43)38-41-17-15-40(16-18-41)22-10-13-39(2)14-11-22)25-20-26(35)27(36)21-28(25)42(33(34)44)50(45,46)30-9-8-23(47-3)19-29(30)48-4/h6-9,12,19-22H,5,10-11,13-18H2,1-4H3,(H,38,43). The van der Waals surface area contributed by atoms with Crippen LogP contribution in [0.4, 0.5) is 14.5 Å². The van der Waals surface area contributed by atoms with E-state index in [9.17, 15) is 13.2 Å². The molecule has 6 rings (SSSR count). The quantitative estimate of drug-likeness (QED) is 0.311. The number of sulfonamides is 1. The number of pyridine rings is 1. The van der Waals surface area contributed by atoms with Gasteiger partial charge in [0.1, 0.15) is 16.4 Å². The maximum Gasteiger partial charge on any atom is 0.274 e. The molecule has 1 N–H and O–H groups in total. The van der Waals surface area contributed by atoms with Crippen LogP contribution in [0.5, 0.6) is 17.4 Å². The first kappa shape index (κ1) is 35.4. The van der Waals surface area contributed by atoms with E-state index in [1.807, 2.05) is 0 Å². The third kappa shape index (κ3) is 6.03. The highest BCUT2D eigenvalue weighted by molar-refractivity contribution is 7.93. The molecule has 4 heterocycles. The lowest BCUT2D eigenvalue weighted by atomic mass is 9.74. The monoisotopic (exact) mass is 714 g/mol. The number of amides is 2. The van der Waals surface area contributed by atoms with Gasteiger partial charge in [0.15, 0.2) is 17.0 Å². The molecule has 2 fully saturated rings. The van der Waals surface area contributed by atoms with E-state index < -0.39 is 55.0 Å². The van der Waals surface area contributed by atoms with Crippen LogP contribution >= 0.6 is 0 Å². The largest absolute Gasteiger partial charge is 0.497 e. The van der Waals surface area contributed by atoms with Crippen LogP contribution in [0, 0.1) is 11.6 Å². The number of hydrogen-bond donors (Lipinski definition) is 1. The summed E-state index contributed by atoms with van der Waals surface area (Å²) >= 11 is 0. The molecular formula is C34H40F2N6O7S. The number of anilines is 1. The highest BCUT2D eigenvalue weighted by atomic mass is 32.2. The van der Waals surface area contributed by atoms with Crippen molar-refractivity contribution in [1.82, 2.24) is 25.2 Å². The molecular weight excluding hydrogens is 674 g/mol. The second-order valence-electron chi connectivity index (χ2n) is 12.4. The zero-order valence-electron chi connectivity index (χ0n) is 28.3. The van der Waals surface area contributed by atoms with Crippen LogP contribution in [-0.4, -0.2) is 113 Å². The zero-order valence-corrected chi connectivity index (χ0v) is 29.1. The van der Waals surface area contributed by atoms with Crippen LogP contribution in [0.3, 0.4) is 0 Å². The predicted molar refractivity (Wildman–Crippen MR) is 179 cm³/mol. The molecule has 268 valence electrons. The maximum atomic E-state index is 15.2. The Kier molecular flexibility index (Phi) is 9.99. The molecule has 1 unspecified atom stereocenters. The van der Waals surface area contributed by atoms with Crippen LogP contribution in [-0.2, 0) is 25.0 Å². The molecule has 2 amide bonds. The fraction of sp³-hybridized carbons (Fsp3) is 0.441. The molecule has 13 nitrogen and oxygen atoms in total. The maximum absolute atomic E-state index is 15.2. The van der Waals surface area contributed by atoms with Gasteiger partial charge < -0.3 is 19.1 Å². The van der Waals surface area contributed by atoms with Crippen molar-refractivity contribution in [1.29, 1.82) is 0 Å².